The van der Waals surface area contributed by atoms with Gasteiger partial charge in [0.1, 0.15) is 12.3 Å². The van der Waals surface area contributed by atoms with E-state index in [0.29, 0.717) is 35.1 Å². The molecule has 3 N–H and O–H groups in total. The molecule has 0 spiro atoms. The van der Waals surface area contributed by atoms with Crippen LogP contribution >= 0.6 is 11.5 Å². The van der Waals surface area contributed by atoms with Crippen LogP contribution in [0.15, 0.2) is 36.4 Å². The summed E-state index contributed by atoms with van der Waals surface area (Å²) in [6, 6.07) is 13.9. The third kappa shape index (κ3) is 3.40. The van der Waals surface area contributed by atoms with Gasteiger partial charge in [-0.05, 0) is 54.2 Å². The molecule has 0 bridgehead atoms. The fourth-order valence-electron chi connectivity index (χ4n) is 3.41. The molecular formula is C19H19N7OS. The van der Waals surface area contributed by atoms with Crippen molar-refractivity contribution in [3.63, 3.8) is 0 Å². The van der Waals surface area contributed by atoms with Crippen LogP contribution in [0, 0.1) is 11.3 Å². The molecule has 0 radical (unpaired) electrons. The van der Waals surface area contributed by atoms with Gasteiger partial charge in [-0.3, -0.25) is 0 Å². The minimum absolute atomic E-state index is 0.190. The maximum absolute atomic E-state index is 9.85. The highest BCUT2D eigenvalue weighted by atomic mass is 32.1. The highest BCUT2D eigenvalue weighted by Gasteiger charge is 2.36. The van der Waals surface area contributed by atoms with Crippen molar-refractivity contribution in [1.82, 2.24) is 19.6 Å². The van der Waals surface area contributed by atoms with E-state index in [-0.39, 0.29) is 6.61 Å². The molecule has 28 heavy (non-hydrogen) atoms. The summed E-state index contributed by atoms with van der Waals surface area (Å²) in [6.07, 6.45) is 1.43. The Bertz CT molecular complexity index is 986. The molecule has 1 fully saturated rings. The standard InChI is InChI=1S/C19H19N7OS/c20-12-19(13-1-3-14(21)4-2-13)7-9-26(10-8-19)17-6-5-15(23-24-17)18-22-16(11-27)25-28-18/h1-6,27H,7-11,21H2. The number of nitriles is 1. The number of hydrogen-bond donors (Lipinski definition) is 2. The second-order valence-corrected chi connectivity index (χ2v) is 7.51. The lowest BCUT2D eigenvalue weighted by molar-refractivity contribution is 0.273. The van der Waals surface area contributed by atoms with Gasteiger partial charge in [-0.25, -0.2) is 4.98 Å². The predicted octanol–water partition coefficient (Wildman–Crippen LogP) is 2.13. The molecule has 0 amide bonds. The average Bonchev–Trinajstić information content (AvgIpc) is 3.24. The lowest BCUT2D eigenvalue weighted by atomic mass is 9.74. The van der Waals surface area contributed by atoms with Crippen molar-refractivity contribution in [3.8, 4) is 16.8 Å². The second kappa shape index (κ2) is 7.50. The van der Waals surface area contributed by atoms with Gasteiger partial charge in [-0.1, -0.05) is 12.1 Å². The smallest absolute Gasteiger partial charge is 0.168 e. The first-order valence-corrected chi connectivity index (χ1v) is 9.71. The number of hydrogen-bond acceptors (Lipinski definition) is 9. The molecule has 142 valence electrons. The van der Waals surface area contributed by atoms with Gasteiger partial charge >= 0.3 is 0 Å². The molecule has 4 rings (SSSR count). The van der Waals surface area contributed by atoms with Crippen LogP contribution in [0.5, 0.6) is 0 Å². The van der Waals surface area contributed by atoms with Crippen molar-refractivity contribution in [2.24, 2.45) is 0 Å². The molecule has 1 aromatic carbocycles. The number of nitrogen functional groups attached to an aromatic ring is 1. The third-order valence-electron chi connectivity index (χ3n) is 5.10. The van der Waals surface area contributed by atoms with Crippen molar-refractivity contribution < 1.29 is 5.11 Å². The SMILES string of the molecule is N#CC1(c2ccc(N)cc2)CCN(c2ccc(-c3nc(CO)ns3)nn2)CC1. The molecular weight excluding hydrogens is 374 g/mol. The van der Waals surface area contributed by atoms with Gasteiger partial charge in [0.05, 0.1) is 11.5 Å². The van der Waals surface area contributed by atoms with Gasteiger partial charge < -0.3 is 15.7 Å². The van der Waals surface area contributed by atoms with E-state index in [1.165, 1.54) is 11.5 Å². The Balaban J connectivity index is 1.47. The van der Waals surface area contributed by atoms with E-state index in [9.17, 15) is 5.26 Å². The minimum atomic E-state index is -0.495. The van der Waals surface area contributed by atoms with Crippen LogP contribution in [-0.4, -0.2) is 37.8 Å². The summed E-state index contributed by atoms with van der Waals surface area (Å²) in [5, 5.41) is 28.1. The summed E-state index contributed by atoms with van der Waals surface area (Å²) >= 11 is 1.19. The molecule has 8 nitrogen and oxygen atoms in total. The van der Waals surface area contributed by atoms with Crippen molar-refractivity contribution in [2.45, 2.75) is 24.9 Å². The molecule has 1 saturated heterocycles. The first-order valence-electron chi connectivity index (χ1n) is 8.93. The molecule has 3 aromatic rings. The van der Waals surface area contributed by atoms with E-state index in [1.807, 2.05) is 36.4 Å². The Kier molecular flexibility index (Phi) is 4.90. The van der Waals surface area contributed by atoms with Gasteiger partial charge in [0.25, 0.3) is 0 Å². The Labute approximate surface area is 166 Å². The van der Waals surface area contributed by atoms with Gasteiger partial charge in [0.15, 0.2) is 16.6 Å². The number of benzene rings is 1. The van der Waals surface area contributed by atoms with Gasteiger partial charge in [0.2, 0.25) is 0 Å². The maximum atomic E-state index is 9.85. The lowest BCUT2D eigenvalue weighted by Crippen LogP contribution is -2.42. The zero-order valence-corrected chi connectivity index (χ0v) is 15.9. The Morgan fingerprint density at radius 2 is 1.89 bits per heavy atom. The molecule has 0 saturated carbocycles. The highest BCUT2D eigenvalue weighted by molar-refractivity contribution is 7.09. The van der Waals surface area contributed by atoms with E-state index in [1.54, 1.807) is 0 Å². The van der Waals surface area contributed by atoms with E-state index >= 15 is 0 Å². The van der Waals surface area contributed by atoms with E-state index in [4.69, 9.17) is 10.8 Å². The van der Waals surface area contributed by atoms with Crippen LogP contribution < -0.4 is 10.6 Å². The third-order valence-corrected chi connectivity index (χ3v) is 5.87. The fraction of sp³-hybridized carbons (Fsp3) is 0.316. The maximum Gasteiger partial charge on any atom is 0.168 e. The highest BCUT2D eigenvalue weighted by Crippen LogP contribution is 2.36. The van der Waals surface area contributed by atoms with Crippen molar-refractivity contribution in [3.05, 3.63) is 47.8 Å². The number of piperidine rings is 1. The van der Waals surface area contributed by atoms with Crippen LogP contribution in [0.1, 0.15) is 24.2 Å². The molecule has 0 aliphatic carbocycles. The number of anilines is 2. The number of aromatic nitrogens is 4. The summed E-state index contributed by atoms with van der Waals surface area (Å²) in [5.74, 6) is 1.16. The number of nitrogens with two attached hydrogens (primary N) is 1. The van der Waals surface area contributed by atoms with Crippen LogP contribution in [0.4, 0.5) is 11.5 Å². The minimum Gasteiger partial charge on any atom is -0.399 e. The fourth-order valence-corrected chi connectivity index (χ4v) is 4.05. The number of aliphatic hydroxyl groups excluding tert-OH is 1. The Morgan fingerprint density at radius 3 is 2.46 bits per heavy atom. The molecule has 9 heteroatoms. The molecule has 2 aromatic heterocycles. The predicted molar refractivity (Wildman–Crippen MR) is 106 cm³/mol. The van der Waals surface area contributed by atoms with Crippen LogP contribution in [-0.2, 0) is 12.0 Å². The summed E-state index contributed by atoms with van der Waals surface area (Å²) in [4.78, 5) is 6.35. The molecule has 0 unspecified atom stereocenters. The van der Waals surface area contributed by atoms with E-state index in [0.717, 1.165) is 24.5 Å². The van der Waals surface area contributed by atoms with Crippen LogP contribution in [0.2, 0.25) is 0 Å². The lowest BCUT2D eigenvalue weighted by Gasteiger charge is -2.38. The molecule has 0 atom stereocenters. The second-order valence-electron chi connectivity index (χ2n) is 6.75. The van der Waals surface area contributed by atoms with Crippen LogP contribution in [0.25, 0.3) is 10.7 Å². The van der Waals surface area contributed by atoms with Gasteiger partial charge in [-0.2, -0.15) is 9.64 Å². The normalized spacial score (nSPS) is 15.9. The number of nitrogens with zero attached hydrogens (tertiary/aromatic N) is 6. The summed E-state index contributed by atoms with van der Waals surface area (Å²) in [6.45, 7) is 1.25. The zero-order valence-electron chi connectivity index (χ0n) is 15.1. The summed E-state index contributed by atoms with van der Waals surface area (Å²) in [7, 11) is 0. The topological polar surface area (TPSA) is 125 Å². The molecule has 3 heterocycles. The molecule has 1 aliphatic rings. The monoisotopic (exact) mass is 393 g/mol. The average molecular weight is 393 g/mol. The Morgan fingerprint density at radius 1 is 1.14 bits per heavy atom. The quantitative estimate of drug-likeness (QED) is 0.646. The van der Waals surface area contributed by atoms with E-state index < -0.39 is 5.41 Å². The number of rotatable bonds is 4. The van der Waals surface area contributed by atoms with Gasteiger partial charge in [0, 0.05) is 18.8 Å². The van der Waals surface area contributed by atoms with Crippen molar-refractivity contribution >= 4 is 23.0 Å². The number of aliphatic hydroxyl groups is 1. The van der Waals surface area contributed by atoms with Gasteiger partial charge in [-0.15, -0.1) is 10.2 Å². The zero-order chi connectivity index (χ0) is 19.6. The summed E-state index contributed by atoms with van der Waals surface area (Å²) < 4.78 is 4.05. The van der Waals surface area contributed by atoms with Crippen molar-refractivity contribution in [1.29, 1.82) is 5.26 Å². The first-order chi connectivity index (χ1) is 13.6. The Hall–Kier alpha value is -3.09. The summed E-state index contributed by atoms with van der Waals surface area (Å²) in [5.41, 5.74) is 7.63. The molecule has 1 aliphatic heterocycles. The largest absolute Gasteiger partial charge is 0.399 e. The van der Waals surface area contributed by atoms with E-state index in [2.05, 4.69) is 30.5 Å². The first kappa shape index (κ1) is 18.3. The van der Waals surface area contributed by atoms with Crippen molar-refractivity contribution in [2.75, 3.05) is 23.7 Å². The van der Waals surface area contributed by atoms with Crippen LogP contribution in [0.3, 0.4) is 0 Å².